The molecular formula is C28H30N2O7. The Hall–Kier alpha value is -4.40. The third kappa shape index (κ3) is 4.72. The first-order valence-electron chi connectivity index (χ1n) is 11.6. The Morgan fingerprint density at radius 2 is 1.43 bits per heavy atom. The zero-order chi connectivity index (χ0) is 26.7. The Kier molecular flexibility index (Phi) is 7.42. The first kappa shape index (κ1) is 25.7. The summed E-state index contributed by atoms with van der Waals surface area (Å²) in [6.45, 7) is 0. The molecule has 9 nitrogen and oxygen atoms in total. The van der Waals surface area contributed by atoms with E-state index < -0.39 is 12.0 Å². The number of nitrogens with one attached hydrogen (secondary N) is 1. The summed E-state index contributed by atoms with van der Waals surface area (Å²) in [7, 11) is 9.34. The molecule has 3 aromatic rings. The third-order valence-electron chi connectivity index (χ3n) is 6.54. The van der Waals surface area contributed by atoms with Gasteiger partial charge in [-0.25, -0.2) is 0 Å². The molecule has 2 atom stereocenters. The van der Waals surface area contributed by atoms with Crippen molar-refractivity contribution in [2.45, 2.75) is 12.0 Å². The summed E-state index contributed by atoms with van der Waals surface area (Å²) in [5, 5.41) is 2.99. The van der Waals surface area contributed by atoms with Crippen LogP contribution < -0.4 is 29.0 Å². The summed E-state index contributed by atoms with van der Waals surface area (Å²) in [6, 6.07) is 15.1. The fraction of sp³-hybridized carbons (Fsp3) is 0.286. The summed E-state index contributed by atoms with van der Waals surface area (Å²) >= 11 is 0. The van der Waals surface area contributed by atoms with E-state index in [1.807, 2.05) is 6.07 Å². The number of ether oxygens (including phenoxy) is 5. The first-order chi connectivity index (χ1) is 17.9. The lowest BCUT2D eigenvalue weighted by atomic mass is 9.79. The maximum atomic E-state index is 14.0. The van der Waals surface area contributed by atoms with E-state index in [2.05, 4.69) is 5.32 Å². The number of methoxy groups -OCH3 is 5. The molecule has 3 aromatic carbocycles. The van der Waals surface area contributed by atoms with Crippen LogP contribution in [0, 0.1) is 0 Å². The summed E-state index contributed by atoms with van der Waals surface area (Å²) < 4.78 is 27.1. The highest BCUT2D eigenvalue weighted by Crippen LogP contribution is 2.47. The van der Waals surface area contributed by atoms with Crippen LogP contribution in [0.1, 0.15) is 33.4 Å². The number of carbonyl (C=O) groups is 2. The van der Waals surface area contributed by atoms with Crippen molar-refractivity contribution in [2.24, 2.45) is 0 Å². The first-order valence-corrected chi connectivity index (χ1v) is 11.6. The maximum Gasteiger partial charge on any atom is 0.254 e. The second-order valence-electron chi connectivity index (χ2n) is 8.47. The molecule has 0 saturated heterocycles. The van der Waals surface area contributed by atoms with Crippen molar-refractivity contribution in [3.05, 3.63) is 71.3 Å². The number of nitrogens with zero attached hydrogens (tertiary/aromatic N) is 1. The van der Waals surface area contributed by atoms with Gasteiger partial charge in [0, 0.05) is 24.4 Å². The van der Waals surface area contributed by atoms with E-state index in [0.717, 1.165) is 0 Å². The van der Waals surface area contributed by atoms with Crippen LogP contribution in [0.3, 0.4) is 0 Å². The standard InChI is InChI=1S/C28H30N2O7/c1-30-26(16-10-11-21(34-3)22(12-16)35-4)25(27(31)29-17-8-7-9-18(13-17)33-2)19-14-23(36-5)24(37-6)15-20(19)28(30)32/h7-15,25-26H,1-6H3,(H,29,31)/t25-,26+/m1/s1. The van der Waals surface area contributed by atoms with Gasteiger partial charge in [0.2, 0.25) is 5.91 Å². The number of benzene rings is 3. The molecule has 0 unspecified atom stereocenters. The molecule has 0 aromatic heterocycles. The van der Waals surface area contributed by atoms with E-state index in [9.17, 15) is 9.59 Å². The van der Waals surface area contributed by atoms with Crippen LogP contribution in [0.15, 0.2) is 54.6 Å². The quantitative estimate of drug-likeness (QED) is 0.487. The smallest absolute Gasteiger partial charge is 0.254 e. The predicted molar refractivity (Wildman–Crippen MR) is 138 cm³/mol. The van der Waals surface area contributed by atoms with Crippen molar-refractivity contribution in [3.8, 4) is 28.7 Å². The Labute approximate surface area is 215 Å². The van der Waals surface area contributed by atoms with Crippen LogP contribution in [0.5, 0.6) is 28.7 Å². The molecule has 0 spiro atoms. The zero-order valence-corrected chi connectivity index (χ0v) is 21.7. The lowest BCUT2D eigenvalue weighted by Gasteiger charge is -2.40. The van der Waals surface area contributed by atoms with Gasteiger partial charge in [0.25, 0.3) is 5.91 Å². The summed E-state index contributed by atoms with van der Waals surface area (Å²) in [5.74, 6) is 1.12. The fourth-order valence-corrected chi connectivity index (χ4v) is 4.71. The maximum absolute atomic E-state index is 14.0. The Bertz CT molecular complexity index is 1320. The van der Waals surface area contributed by atoms with Gasteiger partial charge in [-0.05, 0) is 47.5 Å². The molecule has 0 aliphatic carbocycles. The molecular weight excluding hydrogens is 476 g/mol. The van der Waals surface area contributed by atoms with Crippen molar-refractivity contribution in [2.75, 3.05) is 47.9 Å². The van der Waals surface area contributed by atoms with Crippen molar-refractivity contribution < 1.29 is 33.3 Å². The van der Waals surface area contributed by atoms with E-state index >= 15 is 0 Å². The molecule has 0 radical (unpaired) electrons. The minimum Gasteiger partial charge on any atom is -0.497 e. The highest BCUT2D eigenvalue weighted by molar-refractivity contribution is 6.05. The van der Waals surface area contributed by atoms with Crippen LogP contribution in [0.4, 0.5) is 5.69 Å². The average molecular weight is 507 g/mol. The van der Waals surface area contributed by atoms with Gasteiger partial charge in [0.15, 0.2) is 23.0 Å². The van der Waals surface area contributed by atoms with E-state index in [1.165, 1.54) is 21.3 Å². The number of hydrogen-bond acceptors (Lipinski definition) is 7. The highest BCUT2D eigenvalue weighted by Gasteiger charge is 2.44. The zero-order valence-electron chi connectivity index (χ0n) is 21.7. The fourth-order valence-electron chi connectivity index (χ4n) is 4.71. The van der Waals surface area contributed by atoms with Crippen LogP contribution >= 0.6 is 0 Å². The van der Waals surface area contributed by atoms with Gasteiger partial charge in [0.05, 0.1) is 47.5 Å². The molecule has 1 aliphatic heterocycles. The Balaban J connectivity index is 1.89. The van der Waals surface area contributed by atoms with Gasteiger partial charge in [-0.15, -0.1) is 0 Å². The topological polar surface area (TPSA) is 95.6 Å². The van der Waals surface area contributed by atoms with Gasteiger partial charge < -0.3 is 33.9 Å². The summed E-state index contributed by atoms with van der Waals surface area (Å²) in [5.41, 5.74) is 2.17. The number of fused-ring (bicyclic) bond motifs is 1. The number of hydrogen-bond donors (Lipinski definition) is 1. The normalized spacial score (nSPS) is 16.5. The Morgan fingerprint density at radius 1 is 0.784 bits per heavy atom. The van der Waals surface area contributed by atoms with Crippen molar-refractivity contribution >= 4 is 17.5 Å². The molecule has 1 aliphatic rings. The molecule has 0 saturated carbocycles. The highest BCUT2D eigenvalue weighted by atomic mass is 16.5. The number of amides is 2. The van der Waals surface area contributed by atoms with E-state index in [0.29, 0.717) is 51.1 Å². The molecule has 4 rings (SSSR count). The molecule has 0 fully saturated rings. The van der Waals surface area contributed by atoms with Crippen molar-refractivity contribution in [3.63, 3.8) is 0 Å². The second-order valence-corrected chi connectivity index (χ2v) is 8.47. The van der Waals surface area contributed by atoms with Crippen molar-refractivity contribution in [1.29, 1.82) is 0 Å². The molecule has 1 N–H and O–H groups in total. The molecule has 1 heterocycles. The lowest BCUT2D eigenvalue weighted by molar-refractivity contribution is -0.119. The van der Waals surface area contributed by atoms with Crippen LogP contribution in [-0.2, 0) is 4.79 Å². The van der Waals surface area contributed by atoms with Crippen LogP contribution in [0.2, 0.25) is 0 Å². The number of rotatable bonds is 8. The van der Waals surface area contributed by atoms with E-state index in [1.54, 1.807) is 74.7 Å². The summed E-state index contributed by atoms with van der Waals surface area (Å²) in [4.78, 5) is 29.1. The van der Waals surface area contributed by atoms with Gasteiger partial charge >= 0.3 is 0 Å². The van der Waals surface area contributed by atoms with Crippen molar-refractivity contribution in [1.82, 2.24) is 4.90 Å². The van der Waals surface area contributed by atoms with Gasteiger partial charge in [0.1, 0.15) is 5.75 Å². The minimum atomic E-state index is -0.790. The predicted octanol–water partition coefficient (Wildman–Crippen LogP) is 4.28. The van der Waals surface area contributed by atoms with E-state index in [4.69, 9.17) is 23.7 Å². The number of likely N-dealkylation sites (N-methyl/N-ethyl adjacent to an activating group) is 1. The number of carbonyl (C=O) groups excluding carboxylic acids is 2. The minimum absolute atomic E-state index is 0.249. The lowest BCUT2D eigenvalue weighted by Crippen LogP contribution is -2.44. The summed E-state index contributed by atoms with van der Waals surface area (Å²) in [6.07, 6.45) is 0. The monoisotopic (exact) mass is 506 g/mol. The molecule has 37 heavy (non-hydrogen) atoms. The Morgan fingerprint density at radius 3 is 2.08 bits per heavy atom. The van der Waals surface area contributed by atoms with E-state index in [-0.39, 0.29) is 11.8 Å². The molecule has 9 heteroatoms. The van der Waals surface area contributed by atoms with Gasteiger partial charge in [-0.1, -0.05) is 12.1 Å². The third-order valence-corrected chi connectivity index (χ3v) is 6.54. The van der Waals surface area contributed by atoms with Gasteiger partial charge in [-0.2, -0.15) is 0 Å². The van der Waals surface area contributed by atoms with Crippen LogP contribution in [-0.4, -0.2) is 59.3 Å². The largest absolute Gasteiger partial charge is 0.497 e. The van der Waals surface area contributed by atoms with Crippen LogP contribution in [0.25, 0.3) is 0 Å². The molecule has 2 amide bonds. The van der Waals surface area contributed by atoms with Gasteiger partial charge in [-0.3, -0.25) is 9.59 Å². The SMILES string of the molecule is COc1cccc(NC(=O)[C@@H]2c3cc(OC)c(OC)cc3C(=O)N(C)[C@H]2c2ccc(OC)c(OC)c2)c1. The number of anilines is 1. The molecule has 0 bridgehead atoms. The molecule has 194 valence electrons. The second kappa shape index (κ2) is 10.7. The average Bonchev–Trinajstić information content (AvgIpc) is 2.93.